The number of hydrogen-bond acceptors (Lipinski definition) is 8. The van der Waals surface area contributed by atoms with E-state index >= 15 is 0 Å². The van der Waals surface area contributed by atoms with E-state index in [9.17, 15) is 14.9 Å². The lowest BCUT2D eigenvalue weighted by Gasteiger charge is -2.14. The molecule has 27 heavy (non-hydrogen) atoms. The largest absolute Gasteiger partial charge is 0.349 e. The van der Waals surface area contributed by atoms with Crippen LogP contribution in [0.4, 0.5) is 5.69 Å². The number of likely N-dealkylation sites (N-methyl/N-ethyl adjacent to an activating group) is 1. The van der Waals surface area contributed by atoms with Gasteiger partial charge in [-0.2, -0.15) is 0 Å². The van der Waals surface area contributed by atoms with E-state index in [1.54, 1.807) is 30.9 Å². The molecule has 140 valence electrons. The molecule has 1 unspecified atom stereocenters. The van der Waals surface area contributed by atoms with Gasteiger partial charge in [0, 0.05) is 23.9 Å². The number of carbonyl (C=O) groups excluding carboxylic acids is 1. The van der Waals surface area contributed by atoms with Gasteiger partial charge in [-0.05, 0) is 19.2 Å². The van der Waals surface area contributed by atoms with Crippen molar-refractivity contribution in [3.63, 3.8) is 0 Å². The highest BCUT2D eigenvalue weighted by atomic mass is 32.1. The first kappa shape index (κ1) is 18.6. The van der Waals surface area contributed by atoms with Crippen molar-refractivity contribution in [2.24, 2.45) is 0 Å². The molecule has 0 aliphatic carbocycles. The Kier molecular flexibility index (Phi) is 5.84. The van der Waals surface area contributed by atoms with Gasteiger partial charge in [0.2, 0.25) is 5.91 Å². The summed E-state index contributed by atoms with van der Waals surface area (Å²) in [6, 6.07) is 5.57. The van der Waals surface area contributed by atoms with Gasteiger partial charge in [-0.3, -0.25) is 14.9 Å². The Balaban J connectivity index is 1.58. The van der Waals surface area contributed by atoms with Crippen molar-refractivity contribution in [2.45, 2.75) is 19.0 Å². The molecule has 0 radical (unpaired) electrons. The maximum Gasteiger partial charge on any atom is 0.269 e. The SMILES string of the molecule is CNC(Cc1cscn1)C(=O)NCc1cn(-c2ccc([N+](=O)[O-])cc2)nn1. The molecule has 1 amide bonds. The summed E-state index contributed by atoms with van der Waals surface area (Å²) in [6.07, 6.45) is 2.16. The summed E-state index contributed by atoms with van der Waals surface area (Å²) in [5.41, 5.74) is 3.81. The molecule has 0 fully saturated rings. The quantitative estimate of drug-likeness (QED) is 0.437. The van der Waals surface area contributed by atoms with E-state index in [0.717, 1.165) is 5.69 Å². The molecule has 1 atom stereocenters. The average molecular weight is 387 g/mol. The molecule has 0 saturated heterocycles. The summed E-state index contributed by atoms with van der Waals surface area (Å²) in [5, 5.41) is 26.4. The molecule has 3 rings (SSSR count). The highest BCUT2D eigenvalue weighted by Gasteiger charge is 2.18. The number of rotatable bonds is 8. The predicted octanol–water partition coefficient (Wildman–Crippen LogP) is 1.08. The number of thiazole rings is 1. The first-order valence-corrected chi connectivity index (χ1v) is 8.99. The molecule has 0 aliphatic rings. The van der Waals surface area contributed by atoms with Crippen LogP contribution in [0.3, 0.4) is 0 Å². The fraction of sp³-hybridized carbons (Fsp3) is 0.250. The zero-order valence-electron chi connectivity index (χ0n) is 14.4. The van der Waals surface area contributed by atoms with E-state index in [1.807, 2.05) is 5.38 Å². The van der Waals surface area contributed by atoms with Crippen LogP contribution in [0.15, 0.2) is 41.4 Å². The number of hydrogen-bond donors (Lipinski definition) is 2. The molecule has 2 aromatic heterocycles. The van der Waals surface area contributed by atoms with Crippen molar-refractivity contribution >= 4 is 22.9 Å². The third kappa shape index (κ3) is 4.71. The van der Waals surface area contributed by atoms with Gasteiger partial charge in [-0.25, -0.2) is 9.67 Å². The lowest BCUT2D eigenvalue weighted by molar-refractivity contribution is -0.384. The van der Waals surface area contributed by atoms with Crippen LogP contribution in [-0.4, -0.2) is 43.9 Å². The van der Waals surface area contributed by atoms with Gasteiger partial charge in [-0.1, -0.05) is 5.21 Å². The summed E-state index contributed by atoms with van der Waals surface area (Å²) in [7, 11) is 1.72. The molecular formula is C16H17N7O3S. The van der Waals surface area contributed by atoms with Gasteiger partial charge in [-0.15, -0.1) is 16.4 Å². The summed E-state index contributed by atoms with van der Waals surface area (Å²) in [4.78, 5) is 26.8. The Labute approximate surface area is 158 Å². The summed E-state index contributed by atoms with van der Waals surface area (Å²) >= 11 is 1.49. The minimum absolute atomic E-state index is 0.00423. The van der Waals surface area contributed by atoms with E-state index in [0.29, 0.717) is 17.8 Å². The fourth-order valence-electron chi connectivity index (χ4n) is 2.41. The molecule has 0 aliphatic heterocycles. The van der Waals surface area contributed by atoms with Crippen LogP contribution in [0, 0.1) is 10.1 Å². The number of nitro benzene ring substituents is 1. The number of amides is 1. The third-order valence-electron chi connectivity index (χ3n) is 3.87. The van der Waals surface area contributed by atoms with Gasteiger partial charge in [0.05, 0.1) is 40.6 Å². The van der Waals surface area contributed by atoms with Gasteiger partial charge >= 0.3 is 0 Å². The monoisotopic (exact) mass is 387 g/mol. The highest BCUT2D eigenvalue weighted by Crippen LogP contribution is 2.14. The predicted molar refractivity (Wildman–Crippen MR) is 98.5 cm³/mol. The zero-order valence-corrected chi connectivity index (χ0v) is 15.2. The van der Waals surface area contributed by atoms with Crippen LogP contribution in [-0.2, 0) is 17.8 Å². The lowest BCUT2D eigenvalue weighted by atomic mass is 10.1. The third-order valence-corrected chi connectivity index (χ3v) is 4.51. The van der Waals surface area contributed by atoms with Crippen LogP contribution >= 0.6 is 11.3 Å². The number of nitrogens with one attached hydrogen (secondary N) is 2. The summed E-state index contributed by atoms with van der Waals surface area (Å²) in [5.74, 6) is -0.157. The van der Waals surface area contributed by atoms with Crippen molar-refractivity contribution in [1.29, 1.82) is 0 Å². The number of non-ortho nitro benzene ring substituents is 1. The van der Waals surface area contributed by atoms with Crippen molar-refractivity contribution in [1.82, 2.24) is 30.6 Å². The summed E-state index contributed by atoms with van der Waals surface area (Å²) in [6.45, 7) is 0.223. The van der Waals surface area contributed by atoms with Crippen LogP contribution in [0.1, 0.15) is 11.4 Å². The molecule has 2 N–H and O–H groups in total. The Morgan fingerprint density at radius 2 is 2.11 bits per heavy atom. The second-order valence-corrected chi connectivity index (χ2v) is 6.39. The van der Waals surface area contributed by atoms with Gasteiger partial charge in [0.15, 0.2) is 0 Å². The Morgan fingerprint density at radius 3 is 2.74 bits per heavy atom. The van der Waals surface area contributed by atoms with Crippen LogP contribution in [0.25, 0.3) is 5.69 Å². The van der Waals surface area contributed by atoms with E-state index in [1.165, 1.54) is 28.2 Å². The van der Waals surface area contributed by atoms with Crippen molar-refractivity contribution in [3.8, 4) is 5.69 Å². The smallest absolute Gasteiger partial charge is 0.269 e. The van der Waals surface area contributed by atoms with Gasteiger partial charge in [0.1, 0.15) is 5.69 Å². The Hall–Kier alpha value is -3.18. The van der Waals surface area contributed by atoms with Gasteiger partial charge in [0.25, 0.3) is 5.69 Å². The molecule has 11 heteroatoms. The Morgan fingerprint density at radius 1 is 1.33 bits per heavy atom. The number of nitro groups is 1. The fourth-order valence-corrected chi connectivity index (χ4v) is 2.98. The molecule has 0 spiro atoms. The van der Waals surface area contributed by atoms with E-state index in [-0.39, 0.29) is 18.1 Å². The first-order chi connectivity index (χ1) is 13.1. The summed E-state index contributed by atoms with van der Waals surface area (Å²) < 4.78 is 1.50. The standard InChI is InChI=1S/C16H17N7O3S/c1-17-15(6-11-9-27-10-19-11)16(24)18-7-12-8-22(21-20-12)13-2-4-14(5-3-13)23(25)26/h2-5,8-10,15,17H,6-7H2,1H3,(H,18,24). The maximum atomic E-state index is 12.3. The van der Waals surface area contributed by atoms with Crippen molar-refractivity contribution in [3.05, 3.63) is 62.9 Å². The molecular weight excluding hydrogens is 370 g/mol. The van der Waals surface area contributed by atoms with E-state index < -0.39 is 11.0 Å². The first-order valence-electron chi connectivity index (χ1n) is 8.05. The van der Waals surface area contributed by atoms with Crippen LogP contribution < -0.4 is 10.6 Å². The van der Waals surface area contributed by atoms with E-state index in [2.05, 4.69) is 25.9 Å². The Bertz CT molecular complexity index is 909. The van der Waals surface area contributed by atoms with Crippen molar-refractivity contribution in [2.75, 3.05) is 7.05 Å². The molecule has 2 heterocycles. The minimum Gasteiger partial charge on any atom is -0.349 e. The maximum absolute atomic E-state index is 12.3. The lowest BCUT2D eigenvalue weighted by Crippen LogP contribution is -2.43. The second kappa shape index (κ2) is 8.47. The van der Waals surface area contributed by atoms with Crippen molar-refractivity contribution < 1.29 is 9.72 Å². The highest BCUT2D eigenvalue weighted by molar-refractivity contribution is 7.07. The van der Waals surface area contributed by atoms with Crippen LogP contribution in [0.2, 0.25) is 0 Å². The molecule has 1 aromatic carbocycles. The number of carbonyl (C=O) groups is 1. The average Bonchev–Trinajstić information content (AvgIpc) is 3.36. The molecule has 0 saturated carbocycles. The molecule has 10 nitrogen and oxygen atoms in total. The topological polar surface area (TPSA) is 128 Å². The number of aromatic nitrogens is 4. The number of benzene rings is 1. The normalized spacial score (nSPS) is 11.9. The zero-order chi connectivity index (χ0) is 19.2. The number of nitrogens with zero attached hydrogens (tertiary/aromatic N) is 5. The van der Waals surface area contributed by atoms with E-state index in [4.69, 9.17) is 0 Å². The minimum atomic E-state index is -0.462. The second-order valence-electron chi connectivity index (χ2n) is 5.67. The van der Waals surface area contributed by atoms with Gasteiger partial charge < -0.3 is 10.6 Å². The molecule has 3 aromatic rings. The molecule has 0 bridgehead atoms. The van der Waals surface area contributed by atoms with Crippen LogP contribution in [0.5, 0.6) is 0 Å².